The average molecular weight is 775 g/mol. The van der Waals surface area contributed by atoms with Gasteiger partial charge in [0.15, 0.2) is 5.78 Å². The van der Waals surface area contributed by atoms with Crippen molar-refractivity contribution in [3.63, 3.8) is 0 Å². The van der Waals surface area contributed by atoms with Gasteiger partial charge in [0, 0.05) is 55.0 Å². The van der Waals surface area contributed by atoms with Crippen molar-refractivity contribution in [3.05, 3.63) is 115 Å². The number of nitrogens with zero attached hydrogens (tertiary/aromatic N) is 1. The molecule has 1 radical (unpaired) electrons. The molecule has 4 aromatic carbocycles. The van der Waals surface area contributed by atoms with E-state index >= 15 is 0 Å². The molecule has 2 heterocycles. The minimum Gasteiger partial charge on any atom is -0.512 e. The Labute approximate surface area is 279 Å². The summed E-state index contributed by atoms with van der Waals surface area (Å²) in [5.41, 5.74) is 6.11. The van der Waals surface area contributed by atoms with E-state index in [2.05, 4.69) is 71.7 Å². The number of hydrogen-bond acceptors (Lipinski definition) is 4. The van der Waals surface area contributed by atoms with Crippen LogP contribution in [0.5, 0.6) is 0 Å². The summed E-state index contributed by atoms with van der Waals surface area (Å²) in [6.07, 6.45) is 6.71. The maximum Gasteiger partial charge on any atom is 0.162 e. The number of carbonyl (C=O) groups is 1. The van der Waals surface area contributed by atoms with E-state index in [0.717, 1.165) is 59.1 Å². The van der Waals surface area contributed by atoms with Gasteiger partial charge in [0.05, 0.1) is 5.76 Å². The van der Waals surface area contributed by atoms with E-state index in [1.807, 2.05) is 64.2 Å². The van der Waals surface area contributed by atoms with Crippen molar-refractivity contribution in [1.82, 2.24) is 4.98 Å². The van der Waals surface area contributed by atoms with Crippen molar-refractivity contribution in [1.29, 1.82) is 0 Å². The van der Waals surface area contributed by atoms with E-state index < -0.39 is 0 Å². The topological polar surface area (TPSA) is 63.3 Å². The number of para-hydroxylation sites is 1. The number of furan rings is 1. The average Bonchev–Trinajstić information content (AvgIpc) is 3.46. The molecule has 6 rings (SSSR count). The van der Waals surface area contributed by atoms with Gasteiger partial charge in [-0.2, -0.15) is 0 Å². The molecule has 2 aromatic heterocycles. The first kappa shape index (κ1) is 33.8. The van der Waals surface area contributed by atoms with Crippen LogP contribution in [0.4, 0.5) is 0 Å². The standard InChI is InChI=1S/C27H16NO.C13H24O2.Ir/c1-2-10-25-23(6-1)27-22-8-5-7-20(21(22)15-16-26(27)29-25)18-11-13-19(14-12-18)24-9-3-4-17-28-24;1-5-10(6-2)12(14)9-13(15)11(7-3)8-4;/h1-13,15-17H;9-11,14H,5-8H2,1-4H3;/q-1;;/b;12-9-;. The first-order valence-corrected chi connectivity index (χ1v) is 15.7. The van der Waals surface area contributed by atoms with Gasteiger partial charge >= 0.3 is 0 Å². The fourth-order valence-corrected chi connectivity index (χ4v) is 5.89. The number of carbonyl (C=O) groups excluding carboxylic acids is 1. The van der Waals surface area contributed by atoms with Crippen LogP contribution in [-0.4, -0.2) is 15.9 Å². The summed E-state index contributed by atoms with van der Waals surface area (Å²) in [7, 11) is 0. The third-order valence-corrected chi connectivity index (χ3v) is 8.55. The number of allylic oxidation sites excluding steroid dienone is 2. The van der Waals surface area contributed by atoms with Crippen molar-refractivity contribution >= 4 is 38.5 Å². The van der Waals surface area contributed by atoms with E-state index in [4.69, 9.17) is 4.42 Å². The van der Waals surface area contributed by atoms with Gasteiger partial charge in [-0.3, -0.25) is 4.79 Å². The maximum atomic E-state index is 11.7. The molecule has 0 spiro atoms. The van der Waals surface area contributed by atoms with E-state index in [1.54, 1.807) is 0 Å². The molecule has 0 amide bonds. The summed E-state index contributed by atoms with van der Waals surface area (Å²) in [6, 6.07) is 34.5. The van der Waals surface area contributed by atoms with Crippen LogP contribution in [0.25, 0.3) is 55.1 Å². The molecular weight excluding hydrogens is 735 g/mol. The third kappa shape index (κ3) is 7.44. The summed E-state index contributed by atoms with van der Waals surface area (Å²) >= 11 is 0. The molecule has 0 saturated carbocycles. The van der Waals surface area contributed by atoms with Crippen LogP contribution in [0.3, 0.4) is 0 Å². The molecule has 0 atom stereocenters. The number of fused-ring (bicyclic) bond motifs is 5. The molecule has 0 bridgehead atoms. The van der Waals surface area contributed by atoms with E-state index in [1.165, 1.54) is 27.8 Å². The Balaban J connectivity index is 0.000000249. The largest absolute Gasteiger partial charge is 0.512 e. The fraction of sp³-hybridized carbons (Fsp3) is 0.250. The first-order valence-electron chi connectivity index (χ1n) is 15.7. The number of aromatic nitrogens is 1. The molecule has 4 nitrogen and oxygen atoms in total. The molecule has 6 aromatic rings. The third-order valence-electron chi connectivity index (χ3n) is 8.55. The fourth-order valence-electron chi connectivity index (χ4n) is 5.89. The van der Waals surface area contributed by atoms with Crippen molar-refractivity contribution in [2.24, 2.45) is 11.8 Å². The normalized spacial score (nSPS) is 11.6. The van der Waals surface area contributed by atoms with Gasteiger partial charge in [-0.25, -0.2) is 0 Å². The Morgan fingerprint density at radius 3 is 2.16 bits per heavy atom. The summed E-state index contributed by atoms with van der Waals surface area (Å²) in [5.74, 6) is 0.547. The molecule has 0 aliphatic carbocycles. The summed E-state index contributed by atoms with van der Waals surface area (Å²) in [6.45, 7) is 8.07. The van der Waals surface area contributed by atoms with Crippen LogP contribution in [-0.2, 0) is 24.9 Å². The van der Waals surface area contributed by atoms with Crippen LogP contribution >= 0.6 is 0 Å². The minimum atomic E-state index is 0. The Kier molecular flexibility index (Phi) is 11.9. The smallest absolute Gasteiger partial charge is 0.162 e. The number of aliphatic hydroxyl groups is 1. The molecule has 0 saturated heterocycles. The molecule has 45 heavy (non-hydrogen) atoms. The van der Waals surface area contributed by atoms with Gasteiger partial charge in [0.1, 0.15) is 11.2 Å². The van der Waals surface area contributed by atoms with Crippen LogP contribution in [0.15, 0.2) is 113 Å². The molecule has 5 heteroatoms. The van der Waals surface area contributed by atoms with Gasteiger partial charge in [0.25, 0.3) is 0 Å². The molecule has 0 unspecified atom stereocenters. The van der Waals surface area contributed by atoms with Crippen LogP contribution < -0.4 is 0 Å². The number of hydrogen-bond donors (Lipinski definition) is 1. The van der Waals surface area contributed by atoms with Gasteiger partial charge in [-0.1, -0.05) is 93.4 Å². The SMILES string of the molecule is CCC(CC)C(=O)/C=C(\O)C(CC)CC.[Ir].[c-]1cc(-c2cccc3c2ccc2oc4ccccc4c23)ccc1-c1ccccn1. The predicted molar refractivity (Wildman–Crippen MR) is 183 cm³/mol. The molecule has 233 valence electrons. The minimum absolute atomic E-state index is 0. The number of ketones is 1. The maximum absolute atomic E-state index is 11.7. The first-order chi connectivity index (χ1) is 21.5. The van der Waals surface area contributed by atoms with Crippen LogP contribution in [0.2, 0.25) is 0 Å². The van der Waals surface area contributed by atoms with Crippen molar-refractivity contribution in [3.8, 4) is 22.4 Å². The molecule has 0 aliphatic heterocycles. The second-order valence-corrected chi connectivity index (χ2v) is 11.1. The Bertz CT molecular complexity index is 1880. The zero-order chi connectivity index (χ0) is 31.1. The number of rotatable bonds is 9. The molecule has 0 aliphatic rings. The zero-order valence-electron chi connectivity index (χ0n) is 26.3. The Morgan fingerprint density at radius 1 is 0.778 bits per heavy atom. The van der Waals surface area contributed by atoms with Crippen molar-refractivity contribution in [2.75, 3.05) is 0 Å². The van der Waals surface area contributed by atoms with Crippen LogP contribution in [0, 0.1) is 17.9 Å². The predicted octanol–water partition coefficient (Wildman–Crippen LogP) is 11.1. The van der Waals surface area contributed by atoms with Gasteiger partial charge < -0.3 is 14.5 Å². The quantitative estimate of drug-likeness (QED) is 0.0903. The van der Waals surface area contributed by atoms with E-state index in [9.17, 15) is 9.90 Å². The second-order valence-electron chi connectivity index (χ2n) is 11.1. The van der Waals surface area contributed by atoms with Crippen LogP contribution in [0.1, 0.15) is 53.4 Å². The number of benzene rings is 4. The summed E-state index contributed by atoms with van der Waals surface area (Å²) in [5, 5.41) is 14.5. The molecular formula is C40H40IrNO3-. The second kappa shape index (κ2) is 15.8. The summed E-state index contributed by atoms with van der Waals surface area (Å²) in [4.78, 5) is 16.1. The van der Waals surface area contributed by atoms with Gasteiger partial charge in [0.2, 0.25) is 0 Å². The summed E-state index contributed by atoms with van der Waals surface area (Å²) < 4.78 is 6.06. The molecule has 0 fully saturated rings. The number of aliphatic hydroxyl groups excluding tert-OH is 1. The van der Waals surface area contributed by atoms with Crippen molar-refractivity contribution in [2.45, 2.75) is 53.4 Å². The van der Waals surface area contributed by atoms with E-state index in [0.29, 0.717) is 0 Å². The Hall–Kier alpha value is -4.05. The van der Waals surface area contributed by atoms with Crippen molar-refractivity contribution < 1.29 is 34.4 Å². The van der Waals surface area contributed by atoms with Gasteiger partial charge in [-0.15, -0.1) is 29.8 Å². The van der Waals surface area contributed by atoms with E-state index in [-0.39, 0.29) is 43.5 Å². The number of pyridine rings is 1. The van der Waals surface area contributed by atoms with Gasteiger partial charge in [-0.05, 0) is 60.3 Å². The monoisotopic (exact) mass is 775 g/mol. The molecule has 1 N–H and O–H groups in total. The Morgan fingerprint density at radius 2 is 1.49 bits per heavy atom. The zero-order valence-corrected chi connectivity index (χ0v) is 28.7.